The van der Waals surface area contributed by atoms with Crippen molar-refractivity contribution in [2.45, 2.75) is 56.8 Å². The van der Waals surface area contributed by atoms with Gasteiger partial charge in [0.25, 0.3) is 0 Å². The van der Waals surface area contributed by atoms with Gasteiger partial charge in [0.15, 0.2) is 0 Å². The Bertz CT molecular complexity index is 405. The van der Waals surface area contributed by atoms with Gasteiger partial charge in [-0.3, -0.25) is 4.79 Å². The van der Waals surface area contributed by atoms with Crippen LogP contribution in [-0.2, 0) is 19.0 Å². The van der Waals surface area contributed by atoms with E-state index in [0.29, 0.717) is 12.5 Å². The lowest BCUT2D eigenvalue weighted by Crippen LogP contribution is -2.55. The van der Waals surface area contributed by atoms with Gasteiger partial charge >= 0.3 is 0 Å². The summed E-state index contributed by atoms with van der Waals surface area (Å²) >= 11 is 0. The molecule has 4 aliphatic rings. The van der Waals surface area contributed by atoms with Gasteiger partial charge in [-0.15, -0.1) is 0 Å². The molecule has 2 aliphatic heterocycles. The van der Waals surface area contributed by atoms with Crippen LogP contribution in [0.5, 0.6) is 0 Å². The molecule has 2 saturated heterocycles. The fourth-order valence-corrected chi connectivity index (χ4v) is 4.09. The molecule has 124 valence electrons. The summed E-state index contributed by atoms with van der Waals surface area (Å²) in [6.45, 7) is 3.72. The molecule has 3 atom stereocenters. The molecule has 0 bridgehead atoms. The third-order valence-electron chi connectivity index (χ3n) is 5.63. The highest BCUT2D eigenvalue weighted by molar-refractivity contribution is 5.79. The fourth-order valence-electron chi connectivity index (χ4n) is 4.09. The average Bonchev–Trinajstić information content (AvgIpc) is 3.31. The van der Waals surface area contributed by atoms with E-state index in [9.17, 15) is 4.79 Å². The molecule has 1 amide bonds. The Balaban J connectivity index is 1.37. The Kier molecular flexibility index (Phi) is 4.38. The van der Waals surface area contributed by atoms with Crippen LogP contribution in [0.15, 0.2) is 0 Å². The predicted molar refractivity (Wildman–Crippen MR) is 80.5 cm³/mol. The lowest BCUT2D eigenvalue weighted by molar-refractivity contribution is -0.158. The number of amides is 1. The van der Waals surface area contributed by atoms with Crippen LogP contribution in [0, 0.1) is 11.8 Å². The maximum absolute atomic E-state index is 12.9. The first-order chi connectivity index (χ1) is 10.8. The molecule has 5 heteroatoms. The highest BCUT2D eigenvalue weighted by Gasteiger charge is 2.46. The van der Waals surface area contributed by atoms with E-state index in [-0.39, 0.29) is 24.2 Å². The minimum absolute atomic E-state index is 0.0938. The third-order valence-corrected chi connectivity index (χ3v) is 5.63. The van der Waals surface area contributed by atoms with Crippen LogP contribution in [-0.4, -0.2) is 62.0 Å². The van der Waals surface area contributed by atoms with Crippen molar-refractivity contribution < 1.29 is 19.0 Å². The van der Waals surface area contributed by atoms with Crippen molar-refractivity contribution in [1.29, 1.82) is 0 Å². The van der Waals surface area contributed by atoms with Crippen LogP contribution in [0.2, 0.25) is 0 Å². The fraction of sp³-hybridized carbons (Fsp3) is 0.941. The Labute approximate surface area is 132 Å². The Morgan fingerprint density at radius 3 is 2.64 bits per heavy atom. The molecule has 0 radical (unpaired) electrons. The third kappa shape index (κ3) is 3.03. The van der Waals surface area contributed by atoms with Crippen molar-refractivity contribution in [1.82, 2.24) is 4.90 Å². The summed E-state index contributed by atoms with van der Waals surface area (Å²) in [5, 5.41) is 0. The Morgan fingerprint density at radius 1 is 1.05 bits per heavy atom. The summed E-state index contributed by atoms with van der Waals surface area (Å²) in [4.78, 5) is 15.0. The number of rotatable bonds is 4. The molecular weight excluding hydrogens is 282 g/mol. The van der Waals surface area contributed by atoms with Crippen molar-refractivity contribution in [2.24, 2.45) is 11.8 Å². The van der Waals surface area contributed by atoms with Gasteiger partial charge in [-0.1, -0.05) is 0 Å². The summed E-state index contributed by atoms with van der Waals surface area (Å²) in [5.74, 6) is 1.26. The maximum atomic E-state index is 12.9. The molecule has 2 aliphatic carbocycles. The van der Waals surface area contributed by atoms with Crippen LogP contribution in [0.1, 0.15) is 38.5 Å². The highest BCUT2D eigenvalue weighted by Crippen LogP contribution is 2.36. The van der Waals surface area contributed by atoms with E-state index in [2.05, 4.69) is 4.90 Å². The Hall–Kier alpha value is -0.650. The second-order valence-corrected chi connectivity index (χ2v) is 7.21. The summed E-state index contributed by atoms with van der Waals surface area (Å²) in [5.41, 5.74) is 0. The zero-order chi connectivity index (χ0) is 14.9. The largest absolute Gasteiger partial charge is 0.381 e. The van der Waals surface area contributed by atoms with E-state index < -0.39 is 0 Å². The minimum atomic E-state index is 0.0938. The van der Waals surface area contributed by atoms with Crippen molar-refractivity contribution in [3.05, 3.63) is 0 Å². The molecule has 4 rings (SSSR count). The molecule has 4 fully saturated rings. The van der Waals surface area contributed by atoms with E-state index >= 15 is 0 Å². The number of hydrogen-bond donors (Lipinski definition) is 0. The van der Waals surface area contributed by atoms with Gasteiger partial charge in [0.1, 0.15) is 6.10 Å². The molecule has 0 spiro atoms. The molecular formula is C17H27NO4. The van der Waals surface area contributed by atoms with Gasteiger partial charge in [0.05, 0.1) is 18.8 Å². The van der Waals surface area contributed by atoms with Gasteiger partial charge in [0.2, 0.25) is 5.91 Å². The monoisotopic (exact) mass is 309 g/mol. The Morgan fingerprint density at radius 2 is 1.86 bits per heavy atom. The van der Waals surface area contributed by atoms with Gasteiger partial charge in [-0.05, 0) is 44.4 Å². The second-order valence-electron chi connectivity index (χ2n) is 7.21. The summed E-state index contributed by atoms with van der Waals surface area (Å²) in [6.07, 6.45) is 6.71. The van der Waals surface area contributed by atoms with Crippen LogP contribution < -0.4 is 0 Å². The number of morpholine rings is 1. The second kappa shape index (κ2) is 6.46. The summed E-state index contributed by atoms with van der Waals surface area (Å²) in [6, 6.07) is 0.230. The number of ether oxygens (including phenoxy) is 3. The quantitative estimate of drug-likeness (QED) is 0.791. The number of hydrogen-bond acceptors (Lipinski definition) is 4. The number of nitrogens with zero attached hydrogens (tertiary/aromatic N) is 1. The minimum Gasteiger partial charge on any atom is -0.381 e. The lowest BCUT2D eigenvalue weighted by Gasteiger charge is -2.41. The smallest absolute Gasteiger partial charge is 0.226 e. The van der Waals surface area contributed by atoms with Crippen molar-refractivity contribution in [3.63, 3.8) is 0 Å². The zero-order valence-electron chi connectivity index (χ0n) is 13.2. The normalized spacial score (nSPS) is 36.4. The molecule has 0 N–H and O–H groups in total. The average molecular weight is 309 g/mol. The maximum Gasteiger partial charge on any atom is 0.226 e. The first-order valence-electron chi connectivity index (χ1n) is 8.94. The van der Waals surface area contributed by atoms with Crippen molar-refractivity contribution >= 4 is 5.91 Å². The predicted octanol–water partition coefficient (Wildman–Crippen LogP) is 1.60. The van der Waals surface area contributed by atoms with Gasteiger partial charge in [-0.25, -0.2) is 0 Å². The van der Waals surface area contributed by atoms with Crippen LogP contribution >= 0.6 is 0 Å². The first kappa shape index (κ1) is 14.9. The van der Waals surface area contributed by atoms with E-state index in [1.54, 1.807) is 0 Å². The molecule has 0 aromatic heterocycles. The molecule has 5 nitrogen and oxygen atoms in total. The van der Waals surface area contributed by atoms with Crippen LogP contribution in [0.4, 0.5) is 0 Å². The standard InChI is InChI=1S/C17H27NO4/c19-17(13-5-8-20-9-6-13)18-7-10-21-16-14(18)3-4-15(16)22-11-12-1-2-12/h12-16H,1-11H2/t14-,15+,16+/m0/s1. The summed E-state index contributed by atoms with van der Waals surface area (Å²) < 4.78 is 17.5. The highest BCUT2D eigenvalue weighted by atomic mass is 16.5. The van der Waals surface area contributed by atoms with Crippen molar-refractivity contribution in [3.8, 4) is 0 Å². The van der Waals surface area contributed by atoms with Crippen molar-refractivity contribution in [2.75, 3.05) is 33.0 Å². The summed E-state index contributed by atoms with van der Waals surface area (Å²) in [7, 11) is 0. The van der Waals surface area contributed by atoms with E-state index in [0.717, 1.165) is 58.0 Å². The van der Waals surface area contributed by atoms with E-state index in [1.807, 2.05) is 0 Å². The number of carbonyl (C=O) groups excluding carboxylic acids is 1. The van der Waals surface area contributed by atoms with Crippen LogP contribution in [0.25, 0.3) is 0 Å². The molecule has 0 aromatic rings. The van der Waals surface area contributed by atoms with Crippen LogP contribution in [0.3, 0.4) is 0 Å². The zero-order valence-corrected chi connectivity index (χ0v) is 13.2. The first-order valence-corrected chi connectivity index (χ1v) is 8.94. The number of fused-ring (bicyclic) bond motifs is 1. The number of carbonyl (C=O) groups is 1. The SMILES string of the molecule is O=C(C1CCOCC1)N1CCO[C@H]2[C@H](OCC3CC3)CC[C@@H]21. The molecule has 0 unspecified atom stereocenters. The van der Waals surface area contributed by atoms with E-state index in [1.165, 1.54) is 12.8 Å². The van der Waals surface area contributed by atoms with E-state index in [4.69, 9.17) is 14.2 Å². The molecule has 2 heterocycles. The molecule has 0 aromatic carbocycles. The lowest BCUT2D eigenvalue weighted by atomic mass is 9.97. The van der Waals surface area contributed by atoms with Gasteiger partial charge < -0.3 is 19.1 Å². The van der Waals surface area contributed by atoms with Gasteiger partial charge in [0, 0.05) is 32.3 Å². The molecule has 22 heavy (non-hydrogen) atoms. The van der Waals surface area contributed by atoms with Gasteiger partial charge in [-0.2, -0.15) is 0 Å². The molecule has 2 saturated carbocycles. The topological polar surface area (TPSA) is 48.0 Å².